The zero-order valence-corrected chi connectivity index (χ0v) is 11.2. The van der Waals surface area contributed by atoms with E-state index >= 15 is 0 Å². The fraction of sp³-hybridized carbons (Fsp3) is 0.429. The van der Waals surface area contributed by atoms with Crippen molar-refractivity contribution in [1.29, 1.82) is 5.26 Å². The number of amides is 1. The molecule has 0 atom stereocenters. The fourth-order valence-electron chi connectivity index (χ4n) is 2.50. The van der Waals surface area contributed by atoms with Crippen molar-refractivity contribution in [3.63, 3.8) is 0 Å². The van der Waals surface area contributed by atoms with E-state index in [1.54, 1.807) is 11.0 Å². The van der Waals surface area contributed by atoms with Crippen molar-refractivity contribution >= 4 is 17.5 Å². The van der Waals surface area contributed by atoms with Crippen LogP contribution in [0.15, 0.2) is 18.2 Å². The van der Waals surface area contributed by atoms with Gasteiger partial charge in [0.1, 0.15) is 12.3 Å². The summed E-state index contributed by atoms with van der Waals surface area (Å²) in [7, 11) is 0. The lowest BCUT2D eigenvalue weighted by atomic mass is 10.1. The van der Waals surface area contributed by atoms with Crippen molar-refractivity contribution in [3.05, 3.63) is 28.8 Å². The second-order valence-electron chi connectivity index (χ2n) is 4.69. The van der Waals surface area contributed by atoms with Crippen LogP contribution in [0.3, 0.4) is 0 Å². The van der Waals surface area contributed by atoms with E-state index < -0.39 is 0 Å². The Balaban J connectivity index is 2.25. The molecule has 1 aromatic carbocycles. The third-order valence-electron chi connectivity index (χ3n) is 3.46. The Bertz CT molecular complexity index is 519. The van der Waals surface area contributed by atoms with Gasteiger partial charge in [-0.2, -0.15) is 5.26 Å². The summed E-state index contributed by atoms with van der Waals surface area (Å²) in [5, 5.41) is 19.1. The highest BCUT2D eigenvalue weighted by atomic mass is 35.5. The maximum atomic E-state index is 12.4. The molecule has 0 aromatic heterocycles. The molecule has 100 valence electrons. The average molecular weight is 279 g/mol. The predicted octanol–water partition coefficient (Wildman–Crippen LogP) is 2.95. The highest BCUT2D eigenvalue weighted by Crippen LogP contribution is 2.28. The number of halogens is 1. The molecule has 1 amide bonds. The molecule has 0 radical (unpaired) electrons. The van der Waals surface area contributed by atoms with E-state index in [-0.39, 0.29) is 29.8 Å². The highest BCUT2D eigenvalue weighted by Gasteiger charge is 2.28. The maximum absolute atomic E-state index is 12.4. The van der Waals surface area contributed by atoms with Crippen LogP contribution in [0.1, 0.15) is 36.0 Å². The van der Waals surface area contributed by atoms with Gasteiger partial charge in [0, 0.05) is 11.1 Å². The van der Waals surface area contributed by atoms with Gasteiger partial charge in [-0.05, 0) is 31.0 Å². The maximum Gasteiger partial charge on any atom is 0.258 e. The molecule has 0 bridgehead atoms. The lowest BCUT2D eigenvalue weighted by Gasteiger charge is -2.26. The Morgan fingerprint density at radius 1 is 1.47 bits per heavy atom. The lowest BCUT2D eigenvalue weighted by Crippen LogP contribution is -2.39. The third-order valence-corrected chi connectivity index (χ3v) is 3.69. The molecule has 0 saturated heterocycles. The van der Waals surface area contributed by atoms with Crippen LogP contribution in [0.4, 0.5) is 0 Å². The molecular weight excluding hydrogens is 264 g/mol. The van der Waals surface area contributed by atoms with E-state index in [0.717, 1.165) is 25.7 Å². The summed E-state index contributed by atoms with van der Waals surface area (Å²) in [6, 6.07) is 6.53. The van der Waals surface area contributed by atoms with E-state index in [1.165, 1.54) is 12.1 Å². The number of hydrogen-bond acceptors (Lipinski definition) is 3. The van der Waals surface area contributed by atoms with Crippen molar-refractivity contribution < 1.29 is 9.90 Å². The number of carbonyl (C=O) groups is 1. The molecule has 0 spiro atoms. The Kier molecular flexibility index (Phi) is 4.28. The van der Waals surface area contributed by atoms with Crippen LogP contribution in [0.5, 0.6) is 5.75 Å². The number of hydrogen-bond donors (Lipinski definition) is 1. The molecule has 1 fully saturated rings. The largest absolute Gasteiger partial charge is 0.507 e. The molecule has 1 aliphatic carbocycles. The van der Waals surface area contributed by atoms with Gasteiger partial charge in [-0.25, -0.2) is 0 Å². The first-order chi connectivity index (χ1) is 9.13. The molecule has 4 nitrogen and oxygen atoms in total. The van der Waals surface area contributed by atoms with Crippen molar-refractivity contribution in [3.8, 4) is 11.8 Å². The summed E-state index contributed by atoms with van der Waals surface area (Å²) < 4.78 is 0. The molecule has 1 aromatic rings. The number of nitrogens with zero attached hydrogens (tertiary/aromatic N) is 2. The Labute approximate surface area is 117 Å². The summed E-state index contributed by atoms with van der Waals surface area (Å²) in [6.45, 7) is 0.0472. The van der Waals surface area contributed by atoms with Gasteiger partial charge in [-0.3, -0.25) is 4.79 Å². The molecule has 0 heterocycles. The molecule has 0 aliphatic heterocycles. The van der Waals surface area contributed by atoms with Crippen molar-refractivity contribution in [2.24, 2.45) is 0 Å². The van der Waals surface area contributed by atoms with Crippen LogP contribution >= 0.6 is 11.6 Å². The van der Waals surface area contributed by atoms with Crippen molar-refractivity contribution in [1.82, 2.24) is 4.90 Å². The lowest BCUT2D eigenvalue weighted by molar-refractivity contribution is 0.0706. The topological polar surface area (TPSA) is 64.3 Å². The average Bonchev–Trinajstić information content (AvgIpc) is 2.89. The normalized spacial score (nSPS) is 15.2. The predicted molar refractivity (Wildman–Crippen MR) is 72.0 cm³/mol. The van der Waals surface area contributed by atoms with Crippen molar-refractivity contribution in [2.45, 2.75) is 31.7 Å². The minimum atomic E-state index is -0.303. The quantitative estimate of drug-likeness (QED) is 0.865. The fourth-order valence-corrected chi connectivity index (χ4v) is 2.67. The first-order valence-electron chi connectivity index (χ1n) is 6.30. The van der Waals surface area contributed by atoms with Crippen LogP contribution in [-0.2, 0) is 0 Å². The third kappa shape index (κ3) is 2.99. The number of phenolic OH excluding ortho intramolecular Hbond substituents is 1. The van der Waals surface area contributed by atoms with Gasteiger partial charge in [0.2, 0.25) is 0 Å². The van der Waals surface area contributed by atoms with Gasteiger partial charge in [0.05, 0.1) is 11.6 Å². The molecule has 5 heteroatoms. The molecule has 1 N–H and O–H groups in total. The van der Waals surface area contributed by atoms with Crippen molar-refractivity contribution in [2.75, 3.05) is 6.54 Å². The molecule has 0 unspecified atom stereocenters. The zero-order valence-electron chi connectivity index (χ0n) is 10.5. The smallest absolute Gasteiger partial charge is 0.258 e. The monoisotopic (exact) mass is 278 g/mol. The van der Waals surface area contributed by atoms with E-state index in [9.17, 15) is 9.90 Å². The van der Waals surface area contributed by atoms with E-state index in [2.05, 4.69) is 0 Å². The molecular formula is C14H15ClN2O2. The Morgan fingerprint density at radius 3 is 2.74 bits per heavy atom. The van der Waals surface area contributed by atoms with Crippen LogP contribution < -0.4 is 0 Å². The van der Waals surface area contributed by atoms with Gasteiger partial charge >= 0.3 is 0 Å². The van der Waals surface area contributed by atoms with Crippen LogP contribution in [0.2, 0.25) is 5.02 Å². The molecule has 1 aliphatic rings. The number of aromatic hydroxyl groups is 1. The number of benzene rings is 1. The summed E-state index contributed by atoms with van der Waals surface area (Å²) >= 11 is 5.75. The summed E-state index contributed by atoms with van der Waals surface area (Å²) in [4.78, 5) is 14.0. The second-order valence-corrected chi connectivity index (χ2v) is 5.13. The number of phenols is 1. The number of nitriles is 1. The zero-order chi connectivity index (χ0) is 13.8. The Hall–Kier alpha value is -1.73. The van der Waals surface area contributed by atoms with Gasteiger partial charge in [0.15, 0.2) is 0 Å². The molecule has 2 rings (SSSR count). The van der Waals surface area contributed by atoms with Crippen LogP contribution in [0, 0.1) is 11.3 Å². The first-order valence-corrected chi connectivity index (χ1v) is 6.67. The molecule has 1 saturated carbocycles. The minimum absolute atomic E-state index is 0.0472. The van der Waals surface area contributed by atoms with E-state index in [1.807, 2.05) is 6.07 Å². The van der Waals surface area contributed by atoms with Gasteiger partial charge in [-0.15, -0.1) is 0 Å². The number of rotatable bonds is 3. The Morgan fingerprint density at radius 2 is 2.16 bits per heavy atom. The summed E-state index contributed by atoms with van der Waals surface area (Å²) in [6.07, 6.45) is 3.99. The van der Waals surface area contributed by atoms with Crippen LogP contribution in [-0.4, -0.2) is 28.5 Å². The standard InChI is InChI=1S/C14H15ClN2O2/c15-10-5-6-12(13(18)9-10)14(19)17(8-7-16)11-3-1-2-4-11/h5-6,9,11,18H,1-4,8H2. The molecule has 19 heavy (non-hydrogen) atoms. The SMILES string of the molecule is N#CCN(C(=O)c1ccc(Cl)cc1O)C1CCCC1. The summed E-state index contributed by atoms with van der Waals surface area (Å²) in [5.41, 5.74) is 0.201. The first kappa shape index (κ1) is 13.7. The second kappa shape index (κ2) is 5.94. The van der Waals surface area contributed by atoms with E-state index in [4.69, 9.17) is 16.9 Å². The van der Waals surface area contributed by atoms with Gasteiger partial charge in [-0.1, -0.05) is 24.4 Å². The minimum Gasteiger partial charge on any atom is -0.507 e. The van der Waals surface area contributed by atoms with Gasteiger partial charge in [0.25, 0.3) is 5.91 Å². The van der Waals surface area contributed by atoms with Crippen LogP contribution in [0.25, 0.3) is 0 Å². The van der Waals surface area contributed by atoms with E-state index in [0.29, 0.717) is 5.02 Å². The van der Waals surface area contributed by atoms with Gasteiger partial charge < -0.3 is 10.0 Å². The summed E-state index contributed by atoms with van der Waals surface area (Å²) in [5.74, 6) is -0.443. The highest BCUT2D eigenvalue weighted by molar-refractivity contribution is 6.30. The number of carbonyl (C=O) groups excluding carboxylic acids is 1.